The lowest BCUT2D eigenvalue weighted by Crippen LogP contribution is -2.44. The molecule has 0 saturated carbocycles. The number of rotatable bonds is 5. The summed E-state index contributed by atoms with van der Waals surface area (Å²) in [6.07, 6.45) is -0.956. The Labute approximate surface area is 149 Å². The highest BCUT2D eigenvalue weighted by atomic mass is 16.6. The van der Waals surface area contributed by atoms with E-state index >= 15 is 0 Å². The van der Waals surface area contributed by atoms with E-state index in [0.717, 1.165) is 0 Å². The van der Waals surface area contributed by atoms with Crippen LogP contribution in [0.15, 0.2) is 33.5 Å². The van der Waals surface area contributed by atoms with Gasteiger partial charge < -0.3 is 24.3 Å². The van der Waals surface area contributed by atoms with Gasteiger partial charge in [-0.2, -0.15) is 0 Å². The van der Waals surface area contributed by atoms with Crippen molar-refractivity contribution >= 4 is 23.0 Å². The summed E-state index contributed by atoms with van der Waals surface area (Å²) in [5.41, 5.74) is -0.678. The fourth-order valence-corrected chi connectivity index (χ4v) is 2.38. The van der Waals surface area contributed by atoms with Gasteiger partial charge in [-0.3, -0.25) is 0 Å². The molecular formula is C18H21NO7. The Morgan fingerprint density at radius 2 is 1.96 bits per heavy atom. The molecule has 2 aromatic rings. The molecule has 8 nitrogen and oxygen atoms in total. The van der Waals surface area contributed by atoms with Gasteiger partial charge in [-0.25, -0.2) is 14.4 Å². The van der Waals surface area contributed by atoms with E-state index < -0.39 is 29.3 Å². The van der Waals surface area contributed by atoms with Crippen molar-refractivity contribution < 1.29 is 28.6 Å². The zero-order valence-electron chi connectivity index (χ0n) is 15.0. The second-order valence-corrected chi connectivity index (χ2v) is 6.69. The summed E-state index contributed by atoms with van der Waals surface area (Å²) >= 11 is 0. The van der Waals surface area contributed by atoms with Crippen LogP contribution in [0.2, 0.25) is 0 Å². The van der Waals surface area contributed by atoms with Crippen LogP contribution in [0, 0.1) is 0 Å². The summed E-state index contributed by atoms with van der Waals surface area (Å²) < 4.78 is 15.3. The van der Waals surface area contributed by atoms with Gasteiger partial charge in [0.2, 0.25) is 0 Å². The lowest BCUT2D eigenvalue weighted by atomic mass is 10.0. The van der Waals surface area contributed by atoms with Crippen molar-refractivity contribution in [2.45, 2.75) is 38.8 Å². The summed E-state index contributed by atoms with van der Waals surface area (Å²) in [4.78, 5) is 35.2. The maximum Gasteiger partial charge on any atom is 0.408 e. The number of carboxylic acid groups (broad SMARTS) is 1. The molecule has 0 aliphatic carbocycles. The lowest BCUT2D eigenvalue weighted by Gasteiger charge is -2.22. The van der Waals surface area contributed by atoms with Gasteiger partial charge in [0.15, 0.2) is 0 Å². The minimum atomic E-state index is -1.27. The van der Waals surface area contributed by atoms with Crippen LogP contribution in [0.1, 0.15) is 26.3 Å². The number of methoxy groups -OCH3 is 1. The molecule has 8 heteroatoms. The average Bonchev–Trinajstić information content (AvgIpc) is 2.51. The predicted molar refractivity (Wildman–Crippen MR) is 93.5 cm³/mol. The molecule has 1 amide bonds. The van der Waals surface area contributed by atoms with Crippen LogP contribution < -0.4 is 15.7 Å². The van der Waals surface area contributed by atoms with Gasteiger partial charge in [0.1, 0.15) is 23.0 Å². The number of ether oxygens (including phenoxy) is 2. The van der Waals surface area contributed by atoms with Gasteiger partial charge >= 0.3 is 17.7 Å². The summed E-state index contributed by atoms with van der Waals surface area (Å²) in [5, 5.41) is 12.3. The van der Waals surface area contributed by atoms with Crippen LogP contribution in [0.5, 0.6) is 5.75 Å². The highest BCUT2D eigenvalue weighted by Gasteiger charge is 2.25. The van der Waals surface area contributed by atoms with Crippen LogP contribution in [0.3, 0.4) is 0 Å². The van der Waals surface area contributed by atoms with Gasteiger partial charge in [0.05, 0.1) is 7.11 Å². The molecule has 140 valence electrons. The Morgan fingerprint density at radius 1 is 1.27 bits per heavy atom. The SMILES string of the molecule is COc1ccc2c(C[C@H](NC(=O)OC(C)(C)C)C(=O)O)cc(=O)oc2c1. The summed E-state index contributed by atoms with van der Waals surface area (Å²) in [5.74, 6) is -0.745. The monoisotopic (exact) mass is 363 g/mol. The summed E-state index contributed by atoms with van der Waals surface area (Å²) in [6, 6.07) is 4.82. The third kappa shape index (κ3) is 4.98. The third-order valence-electron chi connectivity index (χ3n) is 3.45. The fraction of sp³-hybridized carbons (Fsp3) is 0.389. The zero-order valence-corrected chi connectivity index (χ0v) is 15.0. The van der Waals surface area contributed by atoms with E-state index in [-0.39, 0.29) is 12.0 Å². The molecule has 0 saturated heterocycles. The molecule has 0 unspecified atom stereocenters. The molecule has 0 fully saturated rings. The number of alkyl carbamates (subject to hydrolysis) is 1. The summed E-state index contributed by atoms with van der Waals surface area (Å²) in [7, 11) is 1.48. The lowest BCUT2D eigenvalue weighted by molar-refractivity contribution is -0.139. The number of carbonyl (C=O) groups excluding carboxylic acids is 1. The van der Waals surface area contributed by atoms with Gasteiger partial charge in [0.25, 0.3) is 0 Å². The highest BCUT2D eigenvalue weighted by molar-refractivity contribution is 5.84. The number of nitrogens with one attached hydrogen (secondary N) is 1. The molecule has 1 aromatic carbocycles. The zero-order chi connectivity index (χ0) is 19.5. The van der Waals surface area contributed by atoms with Crippen LogP contribution in [-0.2, 0) is 16.0 Å². The van der Waals surface area contributed by atoms with Crippen LogP contribution >= 0.6 is 0 Å². The van der Waals surface area contributed by atoms with Crippen molar-refractivity contribution in [3.8, 4) is 5.75 Å². The van der Waals surface area contributed by atoms with Gasteiger partial charge in [-0.15, -0.1) is 0 Å². The van der Waals surface area contributed by atoms with E-state index in [1.807, 2.05) is 0 Å². The fourth-order valence-electron chi connectivity index (χ4n) is 2.38. The van der Waals surface area contributed by atoms with Crippen LogP contribution in [0.25, 0.3) is 11.0 Å². The second kappa shape index (κ2) is 7.47. The van der Waals surface area contributed by atoms with Gasteiger partial charge in [-0.1, -0.05) is 0 Å². The topological polar surface area (TPSA) is 115 Å². The van der Waals surface area contributed by atoms with E-state index in [1.54, 1.807) is 32.9 Å². The van der Waals surface area contributed by atoms with Crippen molar-refractivity contribution in [1.82, 2.24) is 5.32 Å². The Morgan fingerprint density at radius 3 is 2.54 bits per heavy atom. The minimum absolute atomic E-state index is 0.108. The van der Waals surface area contributed by atoms with E-state index in [4.69, 9.17) is 13.9 Å². The molecule has 0 bridgehead atoms. The average molecular weight is 363 g/mol. The highest BCUT2D eigenvalue weighted by Crippen LogP contribution is 2.23. The molecular weight excluding hydrogens is 342 g/mol. The van der Waals surface area contributed by atoms with E-state index in [2.05, 4.69) is 5.32 Å². The first-order chi connectivity index (χ1) is 12.1. The van der Waals surface area contributed by atoms with Crippen molar-refractivity contribution in [2.75, 3.05) is 7.11 Å². The first-order valence-corrected chi connectivity index (χ1v) is 7.92. The normalized spacial score (nSPS) is 12.5. The van der Waals surface area contributed by atoms with E-state index in [1.165, 1.54) is 19.2 Å². The molecule has 1 atom stereocenters. The molecule has 0 radical (unpaired) electrons. The van der Waals surface area contributed by atoms with E-state index in [9.17, 15) is 19.5 Å². The largest absolute Gasteiger partial charge is 0.497 e. The Kier molecular flexibility index (Phi) is 5.54. The maximum atomic E-state index is 11.9. The molecule has 2 N–H and O–H groups in total. The molecule has 0 spiro atoms. The first kappa shape index (κ1) is 19.3. The maximum absolute atomic E-state index is 11.9. The van der Waals surface area contributed by atoms with Crippen molar-refractivity contribution in [1.29, 1.82) is 0 Å². The Bertz CT molecular complexity index is 879. The minimum Gasteiger partial charge on any atom is -0.497 e. The number of fused-ring (bicyclic) bond motifs is 1. The van der Waals surface area contributed by atoms with Crippen LogP contribution in [0.4, 0.5) is 4.79 Å². The van der Waals surface area contributed by atoms with Gasteiger partial charge in [-0.05, 0) is 38.5 Å². The Balaban J connectivity index is 2.32. The molecule has 26 heavy (non-hydrogen) atoms. The van der Waals surface area contributed by atoms with Crippen molar-refractivity contribution in [3.05, 3.63) is 40.2 Å². The second-order valence-electron chi connectivity index (χ2n) is 6.69. The number of amides is 1. The van der Waals surface area contributed by atoms with E-state index in [0.29, 0.717) is 16.7 Å². The summed E-state index contributed by atoms with van der Waals surface area (Å²) in [6.45, 7) is 5.02. The van der Waals surface area contributed by atoms with Crippen molar-refractivity contribution in [2.24, 2.45) is 0 Å². The number of carboxylic acids is 1. The molecule has 2 rings (SSSR count). The number of hydrogen-bond donors (Lipinski definition) is 2. The third-order valence-corrected chi connectivity index (χ3v) is 3.45. The smallest absolute Gasteiger partial charge is 0.408 e. The number of benzene rings is 1. The Hall–Kier alpha value is -3.03. The molecule has 1 heterocycles. The molecule has 0 aliphatic heterocycles. The quantitative estimate of drug-likeness (QED) is 0.783. The van der Waals surface area contributed by atoms with Gasteiger partial charge in [0, 0.05) is 23.9 Å². The predicted octanol–water partition coefficient (Wildman–Crippen LogP) is 2.32. The molecule has 1 aromatic heterocycles. The first-order valence-electron chi connectivity index (χ1n) is 7.92. The molecule has 0 aliphatic rings. The number of hydrogen-bond acceptors (Lipinski definition) is 6. The van der Waals surface area contributed by atoms with Crippen LogP contribution in [-0.4, -0.2) is 35.9 Å². The standard InChI is InChI=1S/C18H21NO7/c1-18(2,3)26-17(23)19-13(16(21)22)7-10-8-15(20)25-14-9-11(24-4)5-6-12(10)14/h5-6,8-9,13H,7H2,1-4H3,(H,19,23)(H,21,22)/t13-/m0/s1. The number of aliphatic carboxylic acids is 1. The van der Waals surface area contributed by atoms with Crippen molar-refractivity contribution in [3.63, 3.8) is 0 Å². The number of carbonyl (C=O) groups is 2.